The summed E-state index contributed by atoms with van der Waals surface area (Å²) < 4.78 is 0. The van der Waals surface area contributed by atoms with Gasteiger partial charge in [0, 0.05) is 25.7 Å². The third kappa shape index (κ3) is 3.31. The van der Waals surface area contributed by atoms with Crippen LogP contribution < -0.4 is 0 Å². The van der Waals surface area contributed by atoms with Gasteiger partial charge in [-0.15, -0.1) is 0 Å². The minimum Gasteiger partial charge on any atom is -0.512 e. The zero-order valence-corrected chi connectivity index (χ0v) is 13.1. The van der Waals surface area contributed by atoms with Crippen molar-refractivity contribution < 1.29 is 19.5 Å². The molecule has 2 aliphatic rings. The first-order valence-electron chi connectivity index (χ1n) is 7.24. The van der Waals surface area contributed by atoms with Crippen molar-refractivity contribution in [3.63, 3.8) is 0 Å². The van der Waals surface area contributed by atoms with Crippen LogP contribution in [0, 0.1) is 10.8 Å². The minimum absolute atomic E-state index is 0.0193. The zero-order chi connectivity index (χ0) is 16.0. The number of hydrogen-bond donors (Lipinski definition) is 1. The van der Waals surface area contributed by atoms with Gasteiger partial charge in [0.1, 0.15) is 5.76 Å². The van der Waals surface area contributed by atoms with E-state index in [0.29, 0.717) is 12.8 Å². The molecule has 0 aliphatic heterocycles. The number of ketones is 3. The Morgan fingerprint density at radius 2 is 1.24 bits per heavy atom. The summed E-state index contributed by atoms with van der Waals surface area (Å²) in [5.74, 6) is -0.709. The largest absolute Gasteiger partial charge is 0.512 e. The van der Waals surface area contributed by atoms with Crippen molar-refractivity contribution in [2.75, 3.05) is 0 Å². The quantitative estimate of drug-likeness (QED) is 0.595. The first kappa shape index (κ1) is 15.7. The lowest BCUT2D eigenvalue weighted by Gasteiger charge is -2.30. The van der Waals surface area contributed by atoms with Crippen LogP contribution in [-0.4, -0.2) is 22.5 Å². The predicted molar refractivity (Wildman–Crippen MR) is 78.8 cm³/mol. The highest BCUT2D eigenvalue weighted by Gasteiger charge is 2.37. The number of allylic oxidation sites excluding steroid dienone is 4. The van der Waals surface area contributed by atoms with Gasteiger partial charge in [0.25, 0.3) is 0 Å². The monoisotopic (exact) mass is 290 g/mol. The molecule has 0 saturated heterocycles. The normalized spacial score (nSPS) is 25.3. The molecule has 0 unspecified atom stereocenters. The van der Waals surface area contributed by atoms with Gasteiger partial charge in [0.2, 0.25) is 0 Å². The molecule has 0 amide bonds. The highest BCUT2D eigenvalue weighted by molar-refractivity contribution is 6.23. The third-order valence-corrected chi connectivity index (χ3v) is 4.06. The molecule has 0 aromatic rings. The van der Waals surface area contributed by atoms with Gasteiger partial charge in [0.15, 0.2) is 17.3 Å². The van der Waals surface area contributed by atoms with Crippen molar-refractivity contribution in [1.82, 2.24) is 0 Å². The van der Waals surface area contributed by atoms with E-state index in [1.165, 1.54) is 6.08 Å². The summed E-state index contributed by atoms with van der Waals surface area (Å²) in [5, 5.41) is 10.1. The van der Waals surface area contributed by atoms with Crippen molar-refractivity contribution in [3.05, 3.63) is 23.0 Å². The highest BCUT2D eigenvalue weighted by Crippen LogP contribution is 2.38. The molecule has 4 nitrogen and oxygen atoms in total. The summed E-state index contributed by atoms with van der Waals surface area (Å²) in [6, 6.07) is 0. The second-order valence-corrected chi connectivity index (χ2v) is 7.72. The van der Waals surface area contributed by atoms with E-state index < -0.39 is 0 Å². The first-order valence-corrected chi connectivity index (χ1v) is 7.24. The second-order valence-electron chi connectivity index (χ2n) is 7.72. The van der Waals surface area contributed by atoms with E-state index in [2.05, 4.69) is 0 Å². The number of Topliss-reactive ketones (excluding diaryl/α,β-unsaturated/α-hetero) is 3. The van der Waals surface area contributed by atoms with Crippen LogP contribution in [0.15, 0.2) is 23.0 Å². The molecule has 4 heteroatoms. The molecule has 0 atom stereocenters. The predicted octanol–water partition coefficient (Wildman–Crippen LogP) is 3.07. The van der Waals surface area contributed by atoms with Gasteiger partial charge >= 0.3 is 0 Å². The van der Waals surface area contributed by atoms with Crippen LogP contribution in [0.3, 0.4) is 0 Å². The first-order chi connectivity index (χ1) is 9.51. The lowest BCUT2D eigenvalue weighted by atomic mass is 9.72. The molecular weight excluding hydrogens is 268 g/mol. The molecule has 21 heavy (non-hydrogen) atoms. The topological polar surface area (TPSA) is 71.4 Å². The Bertz CT molecular complexity index is 566. The molecule has 0 heterocycles. The molecule has 114 valence electrons. The van der Waals surface area contributed by atoms with E-state index in [1.807, 2.05) is 27.7 Å². The fraction of sp³-hybridized carbons (Fsp3) is 0.588. The Hall–Kier alpha value is -1.71. The maximum atomic E-state index is 12.1. The summed E-state index contributed by atoms with van der Waals surface area (Å²) in [6.07, 6.45) is 2.58. The van der Waals surface area contributed by atoms with E-state index in [-0.39, 0.29) is 57.9 Å². The van der Waals surface area contributed by atoms with Crippen molar-refractivity contribution in [2.45, 2.75) is 53.4 Å². The minimum atomic E-state index is -0.333. The van der Waals surface area contributed by atoms with E-state index in [0.717, 1.165) is 0 Å². The molecular formula is C17H22O4. The van der Waals surface area contributed by atoms with Gasteiger partial charge in [-0.05, 0) is 16.9 Å². The van der Waals surface area contributed by atoms with Crippen LogP contribution in [0.4, 0.5) is 0 Å². The Kier molecular flexibility index (Phi) is 3.68. The molecule has 0 radical (unpaired) electrons. The Labute approximate surface area is 124 Å². The Balaban J connectivity index is 2.38. The van der Waals surface area contributed by atoms with Crippen LogP contribution in [0.5, 0.6) is 0 Å². The maximum Gasteiger partial charge on any atom is 0.167 e. The number of aliphatic hydroxyl groups is 1. The van der Waals surface area contributed by atoms with Gasteiger partial charge in [-0.3, -0.25) is 14.4 Å². The maximum absolute atomic E-state index is 12.1. The average molecular weight is 290 g/mol. The van der Waals surface area contributed by atoms with Gasteiger partial charge in [0.05, 0.1) is 11.1 Å². The number of carbonyl (C=O) groups is 3. The average Bonchev–Trinajstić information content (AvgIpc) is 2.22. The zero-order valence-electron chi connectivity index (χ0n) is 13.1. The summed E-state index contributed by atoms with van der Waals surface area (Å²) in [4.78, 5) is 36.4. The fourth-order valence-corrected chi connectivity index (χ4v) is 3.05. The molecule has 0 bridgehead atoms. The smallest absolute Gasteiger partial charge is 0.167 e. The van der Waals surface area contributed by atoms with Crippen LogP contribution in [0.25, 0.3) is 0 Å². The summed E-state index contributed by atoms with van der Waals surface area (Å²) >= 11 is 0. The van der Waals surface area contributed by atoms with E-state index in [9.17, 15) is 19.5 Å². The second kappa shape index (κ2) is 4.93. The molecule has 1 saturated carbocycles. The molecule has 1 fully saturated rings. The highest BCUT2D eigenvalue weighted by atomic mass is 16.3. The molecule has 0 aromatic carbocycles. The van der Waals surface area contributed by atoms with Crippen LogP contribution in [0.1, 0.15) is 53.4 Å². The fourth-order valence-electron chi connectivity index (χ4n) is 3.05. The number of carbonyl (C=O) groups excluding carboxylic acids is 3. The Morgan fingerprint density at radius 1 is 0.810 bits per heavy atom. The lowest BCUT2D eigenvalue weighted by molar-refractivity contribution is -0.127. The van der Waals surface area contributed by atoms with Crippen molar-refractivity contribution in [2.24, 2.45) is 10.8 Å². The van der Waals surface area contributed by atoms with E-state index in [1.54, 1.807) is 0 Å². The molecule has 0 spiro atoms. The van der Waals surface area contributed by atoms with Gasteiger partial charge in [-0.1, -0.05) is 27.7 Å². The SMILES string of the molecule is CC1(C)CC(=O)C(=CC2=C(O)CC(C)(C)CC2=O)C(=O)C1. The van der Waals surface area contributed by atoms with E-state index in [4.69, 9.17) is 0 Å². The third-order valence-electron chi connectivity index (χ3n) is 4.06. The Morgan fingerprint density at radius 3 is 1.71 bits per heavy atom. The molecule has 0 aromatic heterocycles. The van der Waals surface area contributed by atoms with Gasteiger partial charge in [-0.2, -0.15) is 0 Å². The van der Waals surface area contributed by atoms with E-state index >= 15 is 0 Å². The number of hydrogen-bond acceptors (Lipinski definition) is 4. The van der Waals surface area contributed by atoms with Crippen molar-refractivity contribution in [3.8, 4) is 0 Å². The number of rotatable bonds is 1. The molecule has 1 N–H and O–H groups in total. The number of aliphatic hydroxyl groups excluding tert-OH is 1. The summed E-state index contributed by atoms with van der Waals surface area (Å²) in [6.45, 7) is 7.57. The summed E-state index contributed by atoms with van der Waals surface area (Å²) in [5.41, 5.74) is -0.429. The van der Waals surface area contributed by atoms with Crippen molar-refractivity contribution >= 4 is 17.3 Å². The van der Waals surface area contributed by atoms with Gasteiger partial charge in [-0.25, -0.2) is 0 Å². The van der Waals surface area contributed by atoms with Gasteiger partial charge < -0.3 is 5.11 Å². The molecule has 2 aliphatic carbocycles. The molecule has 2 rings (SSSR count). The summed E-state index contributed by atoms with van der Waals surface area (Å²) in [7, 11) is 0. The van der Waals surface area contributed by atoms with Crippen molar-refractivity contribution in [1.29, 1.82) is 0 Å². The standard InChI is InChI=1S/C17H22O4/c1-16(2)6-12(18)10(13(19)7-16)5-11-14(20)8-17(3,4)9-15(11)21/h5,18H,6-9H2,1-4H3. The van der Waals surface area contributed by atoms with Crippen LogP contribution >= 0.6 is 0 Å². The lowest BCUT2D eigenvalue weighted by Crippen LogP contribution is -2.32. The van der Waals surface area contributed by atoms with Crippen LogP contribution in [0.2, 0.25) is 0 Å². The van der Waals surface area contributed by atoms with Crippen LogP contribution in [-0.2, 0) is 14.4 Å².